The number of nitro benzene ring substituents is 1. The van der Waals surface area contributed by atoms with Crippen LogP contribution in [0.1, 0.15) is 0 Å². The smallest absolute Gasteiger partial charge is 0.296 e. The van der Waals surface area contributed by atoms with E-state index < -0.39 is 10.8 Å². The van der Waals surface area contributed by atoms with Crippen molar-refractivity contribution < 1.29 is 14.5 Å². The summed E-state index contributed by atoms with van der Waals surface area (Å²) in [6.07, 6.45) is 0. The van der Waals surface area contributed by atoms with E-state index in [1.165, 1.54) is 25.3 Å². The molecule has 1 amide bonds. The lowest BCUT2D eigenvalue weighted by atomic mass is 10.2. The first-order chi connectivity index (χ1) is 13.0. The number of benzene rings is 2. The van der Waals surface area contributed by atoms with Crippen LogP contribution >= 0.6 is 11.6 Å². The van der Waals surface area contributed by atoms with Crippen molar-refractivity contribution in [2.24, 2.45) is 0 Å². The highest BCUT2D eigenvalue weighted by molar-refractivity contribution is 6.33. The molecular weight excluding hydrogens is 376 g/mol. The second kappa shape index (κ2) is 7.79. The number of halogens is 1. The second-order valence-corrected chi connectivity index (χ2v) is 5.72. The first-order valence-corrected chi connectivity index (χ1v) is 8.00. The van der Waals surface area contributed by atoms with E-state index in [0.717, 1.165) is 4.80 Å². The van der Waals surface area contributed by atoms with Crippen molar-refractivity contribution in [3.63, 3.8) is 0 Å². The molecule has 3 rings (SSSR count). The molecule has 10 nitrogen and oxygen atoms in total. The highest BCUT2D eigenvalue weighted by Crippen LogP contribution is 2.29. The average molecular weight is 389 g/mol. The number of aromatic nitrogens is 4. The number of methoxy groups -OCH3 is 1. The van der Waals surface area contributed by atoms with Crippen LogP contribution in [0.5, 0.6) is 5.75 Å². The van der Waals surface area contributed by atoms with Crippen LogP contribution in [0.25, 0.3) is 11.4 Å². The Morgan fingerprint density at radius 3 is 2.81 bits per heavy atom. The maximum absolute atomic E-state index is 12.2. The predicted molar refractivity (Wildman–Crippen MR) is 96.5 cm³/mol. The lowest BCUT2D eigenvalue weighted by Gasteiger charge is -2.07. The van der Waals surface area contributed by atoms with Gasteiger partial charge in [0.05, 0.1) is 23.1 Å². The van der Waals surface area contributed by atoms with Gasteiger partial charge >= 0.3 is 0 Å². The fourth-order valence-corrected chi connectivity index (χ4v) is 2.49. The van der Waals surface area contributed by atoms with Gasteiger partial charge in [0.2, 0.25) is 11.7 Å². The van der Waals surface area contributed by atoms with Crippen molar-refractivity contribution in [3.8, 4) is 17.1 Å². The van der Waals surface area contributed by atoms with Crippen molar-refractivity contribution in [2.45, 2.75) is 6.54 Å². The molecule has 3 aromatic rings. The molecule has 11 heteroatoms. The number of tetrazole rings is 1. The Labute approximate surface area is 157 Å². The van der Waals surface area contributed by atoms with E-state index in [2.05, 4.69) is 20.7 Å². The normalized spacial score (nSPS) is 10.4. The quantitative estimate of drug-likeness (QED) is 0.508. The number of carbonyl (C=O) groups excluding carboxylic acids is 1. The number of hydrogen-bond acceptors (Lipinski definition) is 7. The summed E-state index contributed by atoms with van der Waals surface area (Å²) in [4.78, 5) is 23.8. The number of nitro groups is 1. The summed E-state index contributed by atoms with van der Waals surface area (Å²) >= 11 is 6.08. The minimum absolute atomic E-state index is 0.0391. The Bertz CT molecular complexity index is 1010. The van der Waals surface area contributed by atoms with Gasteiger partial charge in [-0.25, -0.2) is 0 Å². The van der Waals surface area contributed by atoms with Gasteiger partial charge in [-0.05, 0) is 29.5 Å². The van der Waals surface area contributed by atoms with Crippen molar-refractivity contribution in [2.75, 3.05) is 12.4 Å². The first-order valence-electron chi connectivity index (χ1n) is 7.63. The molecule has 0 atom stereocenters. The molecule has 1 aromatic heterocycles. The molecule has 0 bridgehead atoms. The van der Waals surface area contributed by atoms with Gasteiger partial charge in [-0.2, -0.15) is 4.80 Å². The van der Waals surface area contributed by atoms with Gasteiger partial charge in [-0.15, -0.1) is 10.2 Å². The van der Waals surface area contributed by atoms with Crippen LogP contribution in [0.2, 0.25) is 5.02 Å². The molecule has 0 radical (unpaired) electrons. The van der Waals surface area contributed by atoms with Crippen LogP contribution in [0.4, 0.5) is 11.4 Å². The van der Waals surface area contributed by atoms with Crippen LogP contribution in [-0.2, 0) is 11.3 Å². The minimum atomic E-state index is -0.610. The van der Waals surface area contributed by atoms with Gasteiger partial charge in [-0.3, -0.25) is 14.9 Å². The third kappa shape index (κ3) is 4.18. The minimum Gasteiger partial charge on any atom is -0.496 e. The summed E-state index contributed by atoms with van der Waals surface area (Å²) in [5.74, 6) is 0.0252. The summed E-state index contributed by atoms with van der Waals surface area (Å²) in [7, 11) is 1.39. The fraction of sp³-hybridized carbons (Fsp3) is 0.125. The molecule has 0 saturated heterocycles. The number of hydrogen-bond donors (Lipinski definition) is 1. The van der Waals surface area contributed by atoms with Crippen molar-refractivity contribution >= 4 is 28.9 Å². The van der Waals surface area contributed by atoms with Crippen LogP contribution in [0.15, 0.2) is 42.5 Å². The predicted octanol–water partition coefficient (Wildman–Crippen LogP) is 2.55. The van der Waals surface area contributed by atoms with E-state index in [-0.39, 0.29) is 23.7 Å². The van der Waals surface area contributed by atoms with Gasteiger partial charge in [0, 0.05) is 5.56 Å². The van der Waals surface area contributed by atoms with E-state index in [1.807, 2.05) is 0 Å². The van der Waals surface area contributed by atoms with E-state index in [1.54, 1.807) is 24.3 Å². The number of carbonyl (C=O) groups is 1. The van der Waals surface area contributed by atoms with E-state index >= 15 is 0 Å². The summed E-state index contributed by atoms with van der Waals surface area (Å²) < 4.78 is 4.95. The Hall–Kier alpha value is -3.53. The maximum atomic E-state index is 12.2. The van der Waals surface area contributed by atoms with E-state index in [4.69, 9.17) is 16.3 Å². The molecule has 2 aromatic carbocycles. The lowest BCUT2D eigenvalue weighted by Crippen LogP contribution is -2.21. The van der Waals surface area contributed by atoms with Crippen molar-refractivity contribution in [1.82, 2.24) is 20.2 Å². The van der Waals surface area contributed by atoms with Crippen LogP contribution < -0.4 is 10.1 Å². The molecule has 0 saturated carbocycles. The fourth-order valence-electron chi connectivity index (χ4n) is 2.27. The maximum Gasteiger partial charge on any atom is 0.296 e. The standard InChI is InChI=1S/C16H13ClN6O4/c1-27-10-6-7-13(14(8-10)23(25)26)18-15(24)9-22-20-16(19-21-22)11-4-2-3-5-12(11)17/h2-8H,9H2,1H3,(H,18,24). The van der Waals surface area contributed by atoms with E-state index in [9.17, 15) is 14.9 Å². The summed E-state index contributed by atoms with van der Waals surface area (Å²) in [5, 5.41) is 25.9. The zero-order chi connectivity index (χ0) is 19.4. The van der Waals surface area contributed by atoms with Crippen LogP contribution in [0.3, 0.4) is 0 Å². The number of nitrogens with zero attached hydrogens (tertiary/aromatic N) is 5. The van der Waals surface area contributed by atoms with Gasteiger partial charge in [-0.1, -0.05) is 23.7 Å². The number of nitrogens with one attached hydrogen (secondary N) is 1. The Morgan fingerprint density at radius 2 is 2.11 bits per heavy atom. The van der Waals surface area contributed by atoms with Gasteiger partial charge in [0.25, 0.3) is 5.69 Å². The molecule has 0 spiro atoms. The second-order valence-electron chi connectivity index (χ2n) is 5.31. The lowest BCUT2D eigenvalue weighted by molar-refractivity contribution is -0.384. The topological polar surface area (TPSA) is 125 Å². The van der Waals surface area contributed by atoms with Crippen molar-refractivity contribution in [3.05, 3.63) is 57.6 Å². The molecule has 1 heterocycles. The molecule has 1 N–H and O–H groups in total. The monoisotopic (exact) mass is 388 g/mol. The molecule has 138 valence electrons. The Morgan fingerprint density at radius 1 is 1.33 bits per heavy atom. The SMILES string of the molecule is COc1ccc(NC(=O)Cn2nnc(-c3ccccc3Cl)n2)c([N+](=O)[O-])c1. The first kappa shape index (κ1) is 18.3. The molecular formula is C16H13ClN6O4. The third-order valence-corrected chi connectivity index (χ3v) is 3.86. The van der Waals surface area contributed by atoms with Crippen LogP contribution in [-0.4, -0.2) is 38.1 Å². The Kier molecular flexibility index (Phi) is 5.27. The van der Waals surface area contributed by atoms with Crippen LogP contribution in [0, 0.1) is 10.1 Å². The molecule has 0 aliphatic carbocycles. The summed E-state index contributed by atoms with van der Waals surface area (Å²) in [6.45, 7) is -0.277. The molecule has 0 unspecified atom stereocenters. The average Bonchev–Trinajstić information content (AvgIpc) is 3.10. The molecule has 0 aliphatic heterocycles. The Balaban J connectivity index is 1.74. The van der Waals surface area contributed by atoms with E-state index in [0.29, 0.717) is 16.3 Å². The summed E-state index contributed by atoms with van der Waals surface area (Å²) in [5.41, 5.74) is 0.333. The summed E-state index contributed by atoms with van der Waals surface area (Å²) in [6, 6.07) is 11.1. The molecule has 27 heavy (non-hydrogen) atoms. The molecule has 0 fully saturated rings. The van der Waals surface area contributed by atoms with Crippen molar-refractivity contribution in [1.29, 1.82) is 0 Å². The highest BCUT2D eigenvalue weighted by Gasteiger charge is 2.18. The third-order valence-electron chi connectivity index (χ3n) is 3.53. The number of rotatable bonds is 6. The largest absolute Gasteiger partial charge is 0.496 e. The number of anilines is 1. The zero-order valence-corrected chi connectivity index (χ0v) is 14.8. The van der Waals surface area contributed by atoms with Gasteiger partial charge < -0.3 is 10.1 Å². The zero-order valence-electron chi connectivity index (χ0n) is 14.0. The number of amides is 1. The van der Waals surface area contributed by atoms with Gasteiger partial charge in [0.1, 0.15) is 18.0 Å². The van der Waals surface area contributed by atoms with Gasteiger partial charge in [0.15, 0.2) is 0 Å². The highest BCUT2D eigenvalue weighted by atomic mass is 35.5. The number of ether oxygens (including phenoxy) is 1. The molecule has 0 aliphatic rings.